The summed E-state index contributed by atoms with van der Waals surface area (Å²) < 4.78 is 1.16. The minimum absolute atomic E-state index is 0.614. The van der Waals surface area contributed by atoms with E-state index in [4.69, 9.17) is 11.6 Å². The molecule has 0 heterocycles. The third-order valence-electron chi connectivity index (χ3n) is 2.74. The summed E-state index contributed by atoms with van der Waals surface area (Å²) in [6.07, 6.45) is 3.62. The van der Waals surface area contributed by atoms with Crippen molar-refractivity contribution in [3.05, 3.63) is 34.3 Å². The number of hydrogen-bond donors (Lipinski definition) is 0. The van der Waals surface area contributed by atoms with Gasteiger partial charge in [-0.3, -0.25) is 0 Å². The zero-order valence-electron chi connectivity index (χ0n) is 10.3. The average molecular weight is 336 g/mol. The van der Waals surface area contributed by atoms with E-state index in [-0.39, 0.29) is 0 Å². The molecule has 0 radical (unpaired) electrons. The van der Waals surface area contributed by atoms with Crippen LogP contribution in [0.15, 0.2) is 28.7 Å². The molecule has 0 N–H and O–H groups in total. The molecule has 0 bridgehead atoms. The molecule has 0 aromatic heterocycles. The van der Waals surface area contributed by atoms with Gasteiger partial charge in [0.2, 0.25) is 0 Å². The largest absolute Gasteiger partial charge is 0.162 e. The van der Waals surface area contributed by atoms with Crippen LogP contribution in [0.4, 0.5) is 0 Å². The Kier molecular flexibility index (Phi) is 8.42. The zero-order valence-corrected chi connectivity index (χ0v) is 13.5. The summed E-state index contributed by atoms with van der Waals surface area (Å²) in [6.45, 7) is 2.21. The number of thioether (sulfide) groups is 1. The third-order valence-corrected chi connectivity index (χ3v) is 4.65. The van der Waals surface area contributed by atoms with Gasteiger partial charge in [-0.15, -0.1) is 11.6 Å². The van der Waals surface area contributed by atoms with Crippen molar-refractivity contribution in [2.45, 2.75) is 26.2 Å². The highest BCUT2D eigenvalue weighted by Gasteiger charge is 2.08. The zero-order chi connectivity index (χ0) is 12.5. The van der Waals surface area contributed by atoms with E-state index in [0.29, 0.717) is 5.92 Å². The van der Waals surface area contributed by atoms with Gasteiger partial charge < -0.3 is 0 Å². The maximum absolute atomic E-state index is 6.05. The monoisotopic (exact) mass is 334 g/mol. The first-order chi connectivity index (χ1) is 8.26. The molecule has 0 saturated heterocycles. The molecule has 0 fully saturated rings. The Morgan fingerprint density at radius 3 is 2.88 bits per heavy atom. The van der Waals surface area contributed by atoms with Gasteiger partial charge in [-0.25, -0.2) is 0 Å². The molecule has 1 atom stereocenters. The van der Waals surface area contributed by atoms with Crippen LogP contribution in [0.3, 0.4) is 0 Å². The predicted molar refractivity (Wildman–Crippen MR) is 84.3 cm³/mol. The molecule has 1 unspecified atom stereocenters. The van der Waals surface area contributed by atoms with E-state index in [0.717, 1.165) is 16.8 Å². The van der Waals surface area contributed by atoms with Crippen molar-refractivity contribution in [3.63, 3.8) is 0 Å². The van der Waals surface area contributed by atoms with E-state index in [1.807, 2.05) is 11.8 Å². The smallest absolute Gasteiger partial charge is 0.0254 e. The summed E-state index contributed by atoms with van der Waals surface area (Å²) in [5.74, 6) is 3.87. The number of benzene rings is 1. The molecule has 0 nitrogen and oxygen atoms in total. The normalized spacial score (nSPS) is 12.6. The van der Waals surface area contributed by atoms with Crippen LogP contribution in [0.1, 0.15) is 25.3 Å². The molecule has 17 heavy (non-hydrogen) atoms. The van der Waals surface area contributed by atoms with Crippen LogP contribution in [0.5, 0.6) is 0 Å². The minimum Gasteiger partial charge on any atom is -0.162 e. The lowest BCUT2D eigenvalue weighted by atomic mass is 9.97. The highest BCUT2D eigenvalue weighted by atomic mass is 79.9. The summed E-state index contributed by atoms with van der Waals surface area (Å²) in [7, 11) is 0. The van der Waals surface area contributed by atoms with Crippen LogP contribution in [-0.4, -0.2) is 17.4 Å². The Balaban J connectivity index is 2.35. The average Bonchev–Trinajstić information content (AvgIpc) is 2.33. The predicted octanol–water partition coefficient (Wildman–Crippen LogP) is 5.38. The molecule has 3 heteroatoms. The maximum atomic E-state index is 6.05. The van der Waals surface area contributed by atoms with Gasteiger partial charge in [0.05, 0.1) is 0 Å². The molecule has 0 amide bonds. The van der Waals surface area contributed by atoms with E-state index in [1.54, 1.807) is 0 Å². The van der Waals surface area contributed by atoms with E-state index in [2.05, 4.69) is 47.1 Å². The highest BCUT2D eigenvalue weighted by molar-refractivity contribution is 9.10. The summed E-state index contributed by atoms with van der Waals surface area (Å²) >= 11 is 11.6. The van der Waals surface area contributed by atoms with Crippen molar-refractivity contribution in [3.8, 4) is 0 Å². The van der Waals surface area contributed by atoms with E-state index < -0.39 is 0 Å². The number of halogens is 2. The van der Waals surface area contributed by atoms with E-state index >= 15 is 0 Å². The van der Waals surface area contributed by atoms with Crippen LogP contribution in [0, 0.1) is 5.92 Å². The van der Waals surface area contributed by atoms with Gasteiger partial charge in [0, 0.05) is 10.4 Å². The van der Waals surface area contributed by atoms with Gasteiger partial charge in [0.25, 0.3) is 0 Å². The van der Waals surface area contributed by atoms with Gasteiger partial charge in [-0.1, -0.05) is 35.0 Å². The van der Waals surface area contributed by atoms with Crippen molar-refractivity contribution >= 4 is 39.3 Å². The van der Waals surface area contributed by atoms with Gasteiger partial charge in [-0.2, -0.15) is 11.8 Å². The first-order valence-corrected chi connectivity index (χ1v) is 8.62. The lowest BCUT2D eigenvalue weighted by molar-refractivity contribution is 0.530. The number of hydrogen-bond acceptors (Lipinski definition) is 1. The fourth-order valence-corrected chi connectivity index (χ4v) is 3.22. The SMILES string of the molecule is CCSCCCC(CCl)Cc1cccc(Br)c1. The Morgan fingerprint density at radius 1 is 1.41 bits per heavy atom. The molecule has 0 saturated carbocycles. The molecular weight excluding hydrogens is 316 g/mol. The molecule has 0 aliphatic carbocycles. The van der Waals surface area contributed by atoms with Crippen LogP contribution in [0.25, 0.3) is 0 Å². The summed E-state index contributed by atoms with van der Waals surface area (Å²) in [6, 6.07) is 8.54. The fourth-order valence-electron chi connectivity index (χ4n) is 1.85. The molecule has 96 valence electrons. The number of alkyl halides is 1. The molecule has 1 aromatic carbocycles. The summed E-state index contributed by atoms with van der Waals surface area (Å²) in [5.41, 5.74) is 1.38. The highest BCUT2D eigenvalue weighted by Crippen LogP contribution is 2.20. The van der Waals surface area contributed by atoms with Crippen molar-refractivity contribution in [1.82, 2.24) is 0 Å². The molecule has 1 rings (SSSR count). The second kappa shape index (κ2) is 9.29. The molecular formula is C14H20BrClS. The lowest BCUT2D eigenvalue weighted by Crippen LogP contribution is -2.07. The van der Waals surface area contributed by atoms with Gasteiger partial charge >= 0.3 is 0 Å². The van der Waals surface area contributed by atoms with Crippen molar-refractivity contribution in [2.24, 2.45) is 5.92 Å². The quantitative estimate of drug-likeness (QED) is 0.454. The Bertz CT molecular complexity index is 317. The van der Waals surface area contributed by atoms with Crippen molar-refractivity contribution < 1.29 is 0 Å². The molecule has 0 aliphatic rings. The number of rotatable bonds is 8. The van der Waals surface area contributed by atoms with Gasteiger partial charge in [-0.05, 0) is 54.4 Å². The topological polar surface area (TPSA) is 0 Å². The minimum atomic E-state index is 0.614. The van der Waals surface area contributed by atoms with Crippen molar-refractivity contribution in [2.75, 3.05) is 17.4 Å². The molecule has 0 aliphatic heterocycles. The maximum Gasteiger partial charge on any atom is 0.0254 e. The van der Waals surface area contributed by atoms with E-state index in [1.165, 1.54) is 29.9 Å². The molecule has 0 spiro atoms. The molecule has 1 aromatic rings. The van der Waals surface area contributed by atoms with Gasteiger partial charge in [0.1, 0.15) is 0 Å². The second-order valence-electron chi connectivity index (χ2n) is 4.19. The lowest BCUT2D eigenvalue weighted by Gasteiger charge is -2.13. The standard InChI is InChI=1S/C14H20BrClS/c1-2-17-8-4-6-13(11-16)9-12-5-3-7-14(15)10-12/h3,5,7,10,13H,2,4,6,8-9,11H2,1H3. The Hall–Kier alpha value is 0.340. The second-order valence-corrected chi connectivity index (χ2v) is 6.81. The Morgan fingerprint density at radius 2 is 2.24 bits per heavy atom. The van der Waals surface area contributed by atoms with E-state index in [9.17, 15) is 0 Å². The Labute approximate surface area is 123 Å². The van der Waals surface area contributed by atoms with Crippen LogP contribution in [0.2, 0.25) is 0 Å². The fraction of sp³-hybridized carbons (Fsp3) is 0.571. The first kappa shape index (κ1) is 15.4. The first-order valence-electron chi connectivity index (χ1n) is 6.14. The third kappa shape index (κ3) is 6.73. The summed E-state index contributed by atoms with van der Waals surface area (Å²) in [4.78, 5) is 0. The van der Waals surface area contributed by atoms with Crippen LogP contribution >= 0.6 is 39.3 Å². The van der Waals surface area contributed by atoms with Crippen LogP contribution in [-0.2, 0) is 6.42 Å². The van der Waals surface area contributed by atoms with Gasteiger partial charge in [0.15, 0.2) is 0 Å². The van der Waals surface area contributed by atoms with Crippen molar-refractivity contribution in [1.29, 1.82) is 0 Å². The van der Waals surface area contributed by atoms with Crippen LogP contribution < -0.4 is 0 Å². The summed E-state index contributed by atoms with van der Waals surface area (Å²) in [5, 5.41) is 0.